The average molecular weight is 279 g/mol. The third kappa shape index (κ3) is 3.38. The highest BCUT2D eigenvalue weighted by atomic mass is 19.1. The van der Waals surface area contributed by atoms with Crippen LogP contribution in [0.15, 0.2) is 36.4 Å². The molecule has 0 heterocycles. The fraction of sp³-hybridized carbons (Fsp3) is 0.200. The summed E-state index contributed by atoms with van der Waals surface area (Å²) in [4.78, 5) is 0. The number of anilines is 1. The molecule has 0 saturated heterocycles. The fourth-order valence-electron chi connectivity index (χ4n) is 1.62. The molecule has 2 N–H and O–H groups in total. The Kier molecular flexibility index (Phi) is 4.40. The van der Waals surface area contributed by atoms with E-state index in [0.29, 0.717) is 6.61 Å². The van der Waals surface area contributed by atoms with Crippen LogP contribution in [-0.2, 0) is 0 Å². The molecular formula is C15H15F2NO2. The highest BCUT2D eigenvalue weighted by Crippen LogP contribution is 2.33. The van der Waals surface area contributed by atoms with Crippen molar-refractivity contribution < 1.29 is 18.3 Å². The first-order chi connectivity index (χ1) is 9.60. The van der Waals surface area contributed by atoms with E-state index in [9.17, 15) is 8.78 Å². The van der Waals surface area contributed by atoms with Crippen molar-refractivity contribution in [1.29, 1.82) is 0 Å². The van der Waals surface area contributed by atoms with E-state index in [0.717, 1.165) is 12.5 Å². The number of hydrogen-bond donors (Lipinski definition) is 1. The zero-order chi connectivity index (χ0) is 14.5. The van der Waals surface area contributed by atoms with Crippen LogP contribution in [0.1, 0.15) is 13.3 Å². The number of halogens is 2. The summed E-state index contributed by atoms with van der Waals surface area (Å²) in [5.74, 6) is -0.409. The van der Waals surface area contributed by atoms with Gasteiger partial charge >= 0.3 is 0 Å². The van der Waals surface area contributed by atoms with Crippen LogP contribution < -0.4 is 15.2 Å². The number of ether oxygens (including phenoxy) is 2. The van der Waals surface area contributed by atoms with Crippen LogP contribution in [0.25, 0.3) is 0 Å². The van der Waals surface area contributed by atoms with E-state index >= 15 is 0 Å². The van der Waals surface area contributed by atoms with E-state index < -0.39 is 11.6 Å². The minimum absolute atomic E-state index is 0.0625. The molecule has 0 fully saturated rings. The van der Waals surface area contributed by atoms with Gasteiger partial charge in [0.25, 0.3) is 0 Å². The Morgan fingerprint density at radius 1 is 1.10 bits per heavy atom. The predicted molar refractivity (Wildman–Crippen MR) is 73.1 cm³/mol. The van der Waals surface area contributed by atoms with Crippen LogP contribution in [0.4, 0.5) is 14.5 Å². The van der Waals surface area contributed by atoms with Gasteiger partial charge in [-0.1, -0.05) is 13.0 Å². The van der Waals surface area contributed by atoms with Crippen molar-refractivity contribution in [2.45, 2.75) is 13.3 Å². The van der Waals surface area contributed by atoms with Gasteiger partial charge in [0.2, 0.25) is 0 Å². The molecule has 2 aromatic carbocycles. The van der Waals surface area contributed by atoms with Crippen molar-refractivity contribution >= 4 is 5.69 Å². The molecule has 0 spiro atoms. The number of rotatable bonds is 5. The largest absolute Gasteiger partial charge is 0.490 e. The molecule has 2 aromatic rings. The molecule has 5 heteroatoms. The Morgan fingerprint density at radius 2 is 1.90 bits per heavy atom. The number of hydrogen-bond acceptors (Lipinski definition) is 3. The Bertz CT molecular complexity index is 602. The molecule has 0 unspecified atom stereocenters. The van der Waals surface area contributed by atoms with Crippen LogP contribution in [0.5, 0.6) is 17.2 Å². The smallest absolute Gasteiger partial charge is 0.167 e. The van der Waals surface area contributed by atoms with E-state index in [4.69, 9.17) is 15.2 Å². The topological polar surface area (TPSA) is 44.5 Å². The SMILES string of the molecule is CCCOc1cc(Oc2cccc(F)c2)c(N)cc1F. The number of nitrogens with two attached hydrogens (primary N) is 1. The lowest BCUT2D eigenvalue weighted by Gasteiger charge is -2.12. The molecule has 0 aromatic heterocycles. The summed E-state index contributed by atoms with van der Waals surface area (Å²) in [6, 6.07) is 8.11. The second-order valence-corrected chi connectivity index (χ2v) is 4.23. The van der Waals surface area contributed by atoms with Crippen molar-refractivity contribution in [3.05, 3.63) is 48.0 Å². The van der Waals surface area contributed by atoms with Gasteiger partial charge in [-0.3, -0.25) is 0 Å². The number of nitrogen functional groups attached to an aromatic ring is 1. The van der Waals surface area contributed by atoms with Crippen molar-refractivity contribution in [3.63, 3.8) is 0 Å². The summed E-state index contributed by atoms with van der Waals surface area (Å²) in [7, 11) is 0. The monoisotopic (exact) mass is 279 g/mol. The molecule has 0 aliphatic heterocycles. The maximum absolute atomic E-state index is 13.6. The third-order valence-electron chi connectivity index (χ3n) is 2.55. The predicted octanol–water partition coefficient (Wildman–Crippen LogP) is 4.13. The first-order valence-electron chi connectivity index (χ1n) is 6.25. The third-order valence-corrected chi connectivity index (χ3v) is 2.55. The summed E-state index contributed by atoms with van der Waals surface area (Å²) in [6.45, 7) is 2.31. The zero-order valence-electron chi connectivity index (χ0n) is 11.0. The minimum Gasteiger partial charge on any atom is -0.490 e. The Morgan fingerprint density at radius 3 is 2.60 bits per heavy atom. The van der Waals surface area contributed by atoms with E-state index in [1.54, 1.807) is 6.07 Å². The van der Waals surface area contributed by atoms with Crippen molar-refractivity contribution in [2.24, 2.45) is 0 Å². The Balaban J connectivity index is 2.26. The van der Waals surface area contributed by atoms with Gasteiger partial charge in [0, 0.05) is 18.2 Å². The maximum atomic E-state index is 13.6. The molecule has 20 heavy (non-hydrogen) atoms. The molecule has 0 amide bonds. The van der Waals surface area contributed by atoms with Gasteiger partial charge in [-0.25, -0.2) is 8.78 Å². The molecule has 3 nitrogen and oxygen atoms in total. The second-order valence-electron chi connectivity index (χ2n) is 4.23. The molecule has 0 bridgehead atoms. The van der Waals surface area contributed by atoms with E-state index in [2.05, 4.69) is 0 Å². The highest BCUT2D eigenvalue weighted by molar-refractivity contribution is 5.57. The van der Waals surface area contributed by atoms with E-state index in [1.807, 2.05) is 6.92 Å². The summed E-state index contributed by atoms with van der Waals surface area (Å²) in [5.41, 5.74) is 5.81. The van der Waals surface area contributed by atoms with E-state index in [-0.39, 0.29) is 22.9 Å². The van der Waals surface area contributed by atoms with Crippen molar-refractivity contribution in [1.82, 2.24) is 0 Å². The molecule has 0 radical (unpaired) electrons. The first kappa shape index (κ1) is 14.1. The molecular weight excluding hydrogens is 264 g/mol. The van der Waals surface area contributed by atoms with Crippen molar-refractivity contribution in [3.8, 4) is 17.2 Å². The Hall–Kier alpha value is -2.30. The molecule has 0 saturated carbocycles. The first-order valence-corrected chi connectivity index (χ1v) is 6.25. The molecule has 0 aliphatic rings. The van der Waals surface area contributed by atoms with Crippen LogP contribution in [0, 0.1) is 11.6 Å². The Labute approximate surface area is 115 Å². The lowest BCUT2D eigenvalue weighted by molar-refractivity contribution is 0.299. The van der Waals surface area contributed by atoms with Gasteiger partial charge < -0.3 is 15.2 Å². The summed E-state index contributed by atoms with van der Waals surface area (Å²) < 4.78 is 37.4. The number of benzene rings is 2. The average Bonchev–Trinajstić information content (AvgIpc) is 2.40. The van der Waals surface area contributed by atoms with Gasteiger partial charge in [-0.05, 0) is 18.6 Å². The lowest BCUT2D eigenvalue weighted by atomic mass is 10.2. The molecule has 0 atom stereocenters. The quantitative estimate of drug-likeness (QED) is 0.837. The standard InChI is InChI=1S/C15H15F2NO2/c1-2-6-19-14-9-15(13(18)8-12(14)17)20-11-5-3-4-10(16)7-11/h3-5,7-9H,2,6,18H2,1H3. The van der Waals surface area contributed by atoms with E-state index in [1.165, 1.54) is 24.3 Å². The molecule has 0 aliphatic carbocycles. The van der Waals surface area contributed by atoms with Gasteiger partial charge in [-0.15, -0.1) is 0 Å². The minimum atomic E-state index is -0.553. The normalized spacial score (nSPS) is 10.3. The molecule has 106 valence electrons. The zero-order valence-corrected chi connectivity index (χ0v) is 11.0. The summed E-state index contributed by atoms with van der Waals surface area (Å²) >= 11 is 0. The lowest BCUT2D eigenvalue weighted by Crippen LogP contribution is -2.00. The van der Waals surface area contributed by atoms with Gasteiger partial charge in [0.05, 0.1) is 12.3 Å². The van der Waals surface area contributed by atoms with Crippen LogP contribution >= 0.6 is 0 Å². The van der Waals surface area contributed by atoms with Gasteiger partial charge in [0.15, 0.2) is 17.3 Å². The second kappa shape index (κ2) is 6.23. The van der Waals surface area contributed by atoms with Crippen LogP contribution in [0.2, 0.25) is 0 Å². The van der Waals surface area contributed by atoms with Crippen molar-refractivity contribution in [2.75, 3.05) is 12.3 Å². The maximum Gasteiger partial charge on any atom is 0.167 e. The molecule has 2 rings (SSSR count). The summed E-state index contributed by atoms with van der Waals surface area (Å²) in [6.07, 6.45) is 0.754. The highest BCUT2D eigenvalue weighted by Gasteiger charge is 2.11. The van der Waals surface area contributed by atoms with Crippen LogP contribution in [0.3, 0.4) is 0 Å². The van der Waals surface area contributed by atoms with Gasteiger partial charge in [-0.2, -0.15) is 0 Å². The van der Waals surface area contributed by atoms with Gasteiger partial charge in [0.1, 0.15) is 11.6 Å². The van der Waals surface area contributed by atoms with Crippen LogP contribution in [-0.4, -0.2) is 6.61 Å². The fourth-order valence-corrected chi connectivity index (χ4v) is 1.62. The summed E-state index contributed by atoms with van der Waals surface area (Å²) in [5, 5.41) is 0.